The van der Waals surface area contributed by atoms with Crippen LogP contribution < -0.4 is 10.1 Å². The number of hydrogen-bond acceptors (Lipinski definition) is 3. The van der Waals surface area contributed by atoms with Crippen LogP contribution in [0.2, 0.25) is 0 Å². The summed E-state index contributed by atoms with van der Waals surface area (Å²) in [4.78, 5) is 0. The van der Waals surface area contributed by atoms with E-state index in [0.717, 1.165) is 5.75 Å². The zero-order chi connectivity index (χ0) is 14.2. The topological polar surface area (TPSA) is 45.0 Å². The fourth-order valence-corrected chi connectivity index (χ4v) is 1.74. The normalized spacial score (nSPS) is 10.0. The number of nitriles is 1. The van der Waals surface area contributed by atoms with Crippen LogP contribution in [0.3, 0.4) is 0 Å². The molecule has 0 aromatic heterocycles. The molecule has 3 nitrogen and oxygen atoms in total. The van der Waals surface area contributed by atoms with E-state index in [2.05, 4.69) is 5.32 Å². The fraction of sp³-hybridized carbons (Fsp3) is 0.188. The summed E-state index contributed by atoms with van der Waals surface area (Å²) in [5, 5.41) is 11.8. The highest BCUT2D eigenvalue weighted by Gasteiger charge is 2.02. The lowest BCUT2D eigenvalue weighted by molar-refractivity contribution is 0.313. The molecule has 0 bridgehead atoms. The zero-order valence-corrected chi connectivity index (χ0v) is 11.0. The van der Waals surface area contributed by atoms with Crippen molar-refractivity contribution in [3.63, 3.8) is 0 Å². The van der Waals surface area contributed by atoms with E-state index >= 15 is 0 Å². The lowest BCUT2D eigenvalue weighted by Crippen LogP contribution is -2.21. The van der Waals surface area contributed by atoms with E-state index in [0.29, 0.717) is 30.8 Å². The third kappa shape index (κ3) is 4.08. The fourth-order valence-electron chi connectivity index (χ4n) is 1.74. The molecule has 0 radical (unpaired) electrons. The predicted molar refractivity (Wildman–Crippen MR) is 74.8 cm³/mol. The molecule has 0 amide bonds. The molecule has 0 aliphatic carbocycles. The molecule has 0 saturated heterocycles. The zero-order valence-electron chi connectivity index (χ0n) is 11.0. The maximum atomic E-state index is 13.6. The van der Waals surface area contributed by atoms with Gasteiger partial charge in [-0.3, -0.25) is 0 Å². The van der Waals surface area contributed by atoms with Gasteiger partial charge in [0.15, 0.2) is 0 Å². The third-order valence-corrected chi connectivity index (χ3v) is 2.79. The Morgan fingerprint density at radius 2 is 1.95 bits per heavy atom. The van der Waals surface area contributed by atoms with Crippen LogP contribution in [0.4, 0.5) is 4.39 Å². The van der Waals surface area contributed by atoms with E-state index in [1.165, 1.54) is 6.07 Å². The number of para-hydroxylation sites is 1. The Labute approximate surface area is 117 Å². The van der Waals surface area contributed by atoms with E-state index in [4.69, 9.17) is 10.00 Å². The van der Waals surface area contributed by atoms with Crippen LogP contribution in [0, 0.1) is 17.1 Å². The number of nitrogens with one attached hydrogen (secondary N) is 1. The maximum absolute atomic E-state index is 13.6. The first kappa shape index (κ1) is 14.0. The Morgan fingerprint density at radius 3 is 2.65 bits per heavy atom. The molecule has 2 rings (SSSR count). The van der Waals surface area contributed by atoms with Crippen LogP contribution in [0.5, 0.6) is 5.75 Å². The Kier molecular flexibility index (Phi) is 5.10. The smallest absolute Gasteiger partial charge is 0.129 e. The first-order valence-corrected chi connectivity index (χ1v) is 6.36. The number of nitrogens with zero attached hydrogens (tertiary/aromatic N) is 1. The summed E-state index contributed by atoms with van der Waals surface area (Å²) < 4.78 is 19.1. The molecule has 0 atom stereocenters. The van der Waals surface area contributed by atoms with Crippen molar-refractivity contribution < 1.29 is 9.13 Å². The number of benzene rings is 2. The second kappa shape index (κ2) is 7.27. The van der Waals surface area contributed by atoms with Gasteiger partial charge in [-0.05, 0) is 24.3 Å². The molecule has 20 heavy (non-hydrogen) atoms. The molecule has 0 saturated carbocycles. The van der Waals surface area contributed by atoms with Crippen molar-refractivity contribution >= 4 is 0 Å². The Hall–Kier alpha value is -2.38. The molecule has 0 aliphatic rings. The lowest BCUT2D eigenvalue weighted by Gasteiger charge is -2.08. The molecule has 4 heteroatoms. The molecule has 0 heterocycles. The molecule has 0 unspecified atom stereocenters. The average molecular weight is 270 g/mol. The molecule has 2 aromatic rings. The van der Waals surface area contributed by atoms with Crippen molar-refractivity contribution in [3.05, 3.63) is 65.5 Å². The second-order valence-electron chi connectivity index (χ2n) is 4.26. The lowest BCUT2D eigenvalue weighted by atomic mass is 10.1. The van der Waals surface area contributed by atoms with E-state index in [-0.39, 0.29) is 5.82 Å². The van der Waals surface area contributed by atoms with Gasteiger partial charge in [-0.25, -0.2) is 4.39 Å². The second-order valence-corrected chi connectivity index (χ2v) is 4.26. The van der Waals surface area contributed by atoms with Crippen molar-refractivity contribution in [2.24, 2.45) is 0 Å². The molecule has 1 N–H and O–H groups in total. The van der Waals surface area contributed by atoms with Crippen LogP contribution in [-0.4, -0.2) is 13.2 Å². The van der Waals surface area contributed by atoms with E-state index in [1.54, 1.807) is 12.1 Å². The largest absolute Gasteiger partial charge is 0.492 e. The monoisotopic (exact) mass is 270 g/mol. The minimum Gasteiger partial charge on any atom is -0.492 e. The Bertz CT molecular complexity index is 593. The quantitative estimate of drug-likeness (QED) is 0.821. The number of ether oxygens (including phenoxy) is 1. The molecule has 2 aromatic carbocycles. The van der Waals surface area contributed by atoms with Gasteiger partial charge in [0.1, 0.15) is 18.2 Å². The Balaban J connectivity index is 1.72. The first-order valence-electron chi connectivity index (χ1n) is 6.36. The third-order valence-electron chi connectivity index (χ3n) is 2.79. The Morgan fingerprint density at radius 1 is 1.15 bits per heavy atom. The van der Waals surface area contributed by atoms with Crippen LogP contribution in [0.15, 0.2) is 48.5 Å². The minimum atomic E-state index is -0.361. The van der Waals surface area contributed by atoms with Crippen molar-refractivity contribution in [3.8, 4) is 11.8 Å². The number of halogens is 1. The van der Waals surface area contributed by atoms with Gasteiger partial charge in [0, 0.05) is 18.7 Å². The highest BCUT2D eigenvalue weighted by Crippen LogP contribution is 2.10. The maximum Gasteiger partial charge on any atom is 0.129 e. The van der Waals surface area contributed by atoms with Crippen LogP contribution >= 0.6 is 0 Å². The first-order chi connectivity index (χ1) is 9.79. The summed E-state index contributed by atoms with van der Waals surface area (Å²) >= 11 is 0. The highest BCUT2D eigenvalue weighted by atomic mass is 19.1. The molecule has 102 valence electrons. The van der Waals surface area contributed by atoms with Crippen molar-refractivity contribution in [2.45, 2.75) is 6.54 Å². The van der Waals surface area contributed by atoms with E-state index in [9.17, 15) is 4.39 Å². The van der Waals surface area contributed by atoms with Crippen molar-refractivity contribution in [1.82, 2.24) is 5.32 Å². The summed E-state index contributed by atoms with van der Waals surface area (Å²) in [7, 11) is 0. The van der Waals surface area contributed by atoms with Gasteiger partial charge in [-0.2, -0.15) is 5.26 Å². The van der Waals surface area contributed by atoms with Crippen LogP contribution in [0.25, 0.3) is 0 Å². The minimum absolute atomic E-state index is 0.332. The van der Waals surface area contributed by atoms with E-state index in [1.807, 2.05) is 36.4 Å². The highest BCUT2D eigenvalue weighted by molar-refractivity contribution is 5.32. The SMILES string of the molecule is N#Cc1ccc(CNCCOc2ccccc2)c(F)c1. The standard InChI is InChI=1S/C16H15FN2O/c17-16-10-13(11-18)6-7-14(16)12-19-8-9-20-15-4-2-1-3-5-15/h1-7,10,19H,8-9,12H2. The summed E-state index contributed by atoms with van der Waals surface area (Å²) in [6, 6.07) is 15.9. The average Bonchev–Trinajstić information content (AvgIpc) is 2.49. The van der Waals surface area contributed by atoms with Gasteiger partial charge in [0.25, 0.3) is 0 Å². The molecular formula is C16H15FN2O. The molecule has 0 fully saturated rings. The summed E-state index contributed by atoms with van der Waals surface area (Å²) in [5.41, 5.74) is 0.877. The van der Waals surface area contributed by atoms with Crippen molar-refractivity contribution in [1.29, 1.82) is 5.26 Å². The molecule has 0 spiro atoms. The van der Waals surface area contributed by atoms with Crippen LogP contribution in [0.1, 0.15) is 11.1 Å². The number of hydrogen-bond donors (Lipinski definition) is 1. The van der Waals surface area contributed by atoms with Gasteiger partial charge < -0.3 is 10.1 Å². The number of rotatable bonds is 6. The molecule has 0 aliphatic heterocycles. The van der Waals surface area contributed by atoms with Gasteiger partial charge in [-0.15, -0.1) is 0 Å². The van der Waals surface area contributed by atoms with Gasteiger partial charge >= 0.3 is 0 Å². The predicted octanol–water partition coefficient (Wildman–Crippen LogP) is 2.87. The van der Waals surface area contributed by atoms with Gasteiger partial charge in [0.05, 0.1) is 11.6 Å². The van der Waals surface area contributed by atoms with Gasteiger partial charge in [0.2, 0.25) is 0 Å². The van der Waals surface area contributed by atoms with E-state index < -0.39 is 0 Å². The summed E-state index contributed by atoms with van der Waals surface area (Å²) in [6.07, 6.45) is 0. The molecular weight excluding hydrogens is 255 g/mol. The van der Waals surface area contributed by atoms with Crippen molar-refractivity contribution in [2.75, 3.05) is 13.2 Å². The summed E-state index contributed by atoms with van der Waals surface area (Å²) in [6.45, 7) is 1.55. The van der Waals surface area contributed by atoms with Crippen LogP contribution in [-0.2, 0) is 6.54 Å². The summed E-state index contributed by atoms with van der Waals surface area (Å²) in [5.74, 6) is 0.458. The van der Waals surface area contributed by atoms with Gasteiger partial charge in [-0.1, -0.05) is 24.3 Å².